The van der Waals surface area contributed by atoms with Crippen LogP contribution in [-0.2, 0) is 6.61 Å². The van der Waals surface area contributed by atoms with Gasteiger partial charge in [0, 0.05) is 30.4 Å². The van der Waals surface area contributed by atoms with Crippen LogP contribution >= 0.6 is 11.6 Å². The van der Waals surface area contributed by atoms with Gasteiger partial charge in [-0.15, -0.1) is 0 Å². The maximum absolute atomic E-state index is 12.6. The number of aromatic nitrogens is 1. The zero-order valence-electron chi connectivity index (χ0n) is 14.2. The number of rotatable bonds is 5. The lowest BCUT2D eigenvalue weighted by Crippen LogP contribution is -2.35. The average Bonchev–Trinajstić information content (AvgIpc) is 2.67. The number of carbonyl (C=O) groups excluding carboxylic acids is 1. The second kappa shape index (κ2) is 8.21. The van der Waals surface area contributed by atoms with Crippen molar-refractivity contribution in [3.8, 4) is 11.6 Å². The molecule has 0 N–H and O–H groups in total. The van der Waals surface area contributed by atoms with Gasteiger partial charge in [-0.05, 0) is 43.5 Å². The highest BCUT2D eigenvalue weighted by atomic mass is 35.5. The topological polar surface area (TPSA) is 51.7 Å². The van der Waals surface area contributed by atoms with Crippen molar-refractivity contribution in [2.75, 3.05) is 20.2 Å². The first-order valence-electron chi connectivity index (χ1n) is 8.38. The first kappa shape index (κ1) is 17.5. The molecule has 2 aromatic rings. The predicted octanol–water partition coefficient (Wildman–Crippen LogP) is 3.95. The van der Waals surface area contributed by atoms with Gasteiger partial charge in [-0.2, -0.15) is 0 Å². The number of methoxy groups -OCH3 is 1. The molecule has 6 heteroatoms. The number of piperidine rings is 1. The van der Waals surface area contributed by atoms with Gasteiger partial charge >= 0.3 is 0 Å². The monoisotopic (exact) mass is 360 g/mol. The summed E-state index contributed by atoms with van der Waals surface area (Å²) in [6.07, 6.45) is 4.96. The molecule has 2 heterocycles. The fraction of sp³-hybridized carbons (Fsp3) is 0.368. The summed E-state index contributed by atoms with van der Waals surface area (Å²) in [5.74, 6) is 1.05. The summed E-state index contributed by atoms with van der Waals surface area (Å²) in [7, 11) is 1.59. The van der Waals surface area contributed by atoms with Gasteiger partial charge in [-0.1, -0.05) is 17.7 Å². The number of hydrogen-bond donors (Lipinski definition) is 0. The molecule has 1 aliphatic heterocycles. The van der Waals surface area contributed by atoms with E-state index in [9.17, 15) is 4.79 Å². The van der Waals surface area contributed by atoms with E-state index in [4.69, 9.17) is 21.1 Å². The van der Waals surface area contributed by atoms with Gasteiger partial charge in [0.15, 0.2) is 0 Å². The molecule has 1 saturated heterocycles. The maximum Gasteiger partial charge on any atom is 0.253 e. The highest BCUT2D eigenvalue weighted by molar-refractivity contribution is 6.31. The van der Waals surface area contributed by atoms with Crippen molar-refractivity contribution < 1.29 is 14.3 Å². The van der Waals surface area contributed by atoms with Crippen molar-refractivity contribution in [2.24, 2.45) is 0 Å². The Balaban J connectivity index is 1.73. The van der Waals surface area contributed by atoms with Gasteiger partial charge < -0.3 is 14.4 Å². The van der Waals surface area contributed by atoms with Crippen molar-refractivity contribution >= 4 is 17.5 Å². The first-order valence-corrected chi connectivity index (χ1v) is 8.76. The molecule has 0 bridgehead atoms. The maximum atomic E-state index is 12.6. The van der Waals surface area contributed by atoms with Gasteiger partial charge in [-0.3, -0.25) is 4.79 Å². The normalized spacial score (nSPS) is 14.2. The fourth-order valence-electron chi connectivity index (χ4n) is 2.90. The Morgan fingerprint density at radius 1 is 1.24 bits per heavy atom. The minimum absolute atomic E-state index is 0.0539. The number of likely N-dealkylation sites (tertiary alicyclic amines) is 1. The van der Waals surface area contributed by atoms with E-state index in [-0.39, 0.29) is 12.5 Å². The summed E-state index contributed by atoms with van der Waals surface area (Å²) in [6, 6.07) is 8.92. The molecule has 0 aliphatic carbocycles. The molecule has 0 spiro atoms. The second-order valence-electron chi connectivity index (χ2n) is 5.96. The summed E-state index contributed by atoms with van der Waals surface area (Å²) in [5.41, 5.74) is 1.47. The molecule has 5 nitrogen and oxygen atoms in total. The van der Waals surface area contributed by atoms with E-state index in [0.29, 0.717) is 22.2 Å². The van der Waals surface area contributed by atoms with E-state index in [1.807, 2.05) is 17.0 Å². The SMILES string of the molecule is COc1cc(C(=O)N2CCCCC2)ccc1COc1ncccc1Cl. The second-order valence-corrected chi connectivity index (χ2v) is 6.37. The van der Waals surface area contributed by atoms with Crippen LogP contribution in [0, 0.1) is 0 Å². The lowest BCUT2D eigenvalue weighted by molar-refractivity contribution is 0.0724. The Hall–Kier alpha value is -2.27. The van der Waals surface area contributed by atoms with Crippen molar-refractivity contribution in [1.29, 1.82) is 0 Å². The Labute approximate surface area is 152 Å². The molecule has 1 aromatic carbocycles. The van der Waals surface area contributed by atoms with Crippen LogP contribution in [0.15, 0.2) is 36.5 Å². The zero-order valence-corrected chi connectivity index (χ0v) is 15.0. The molecule has 1 aliphatic rings. The van der Waals surface area contributed by atoms with Gasteiger partial charge in [-0.25, -0.2) is 4.98 Å². The molecule has 132 valence electrons. The van der Waals surface area contributed by atoms with Crippen LogP contribution < -0.4 is 9.47 Å². The first-order chi connectivity index (χ1) is 12.2. The number of hydrogen-bond acceptors (Lipinski definition) is 4. The van der Waals surface area contributed by atoms with Crippen LogP contribution in [-0.4, -0.2) is 36.0 Å². The highest BCUT2D eigenvalue weighted by Gasteiger charge is 2.19. The van der Waals surface area contributed by atoms with Gasteiger partial charge in [0.1, 0.15) is 17.4 Å². The predicted molar refractivity (Wildman–Crippen MR) is 96.3 cm³/mol. The fourth-order valence-corrected chi connectivity index (χ4v) is 3.08. The standard InChI is InChI=1S/C19H21ClN2O3/c1-24-17-12-14(19(23)22-10-3-2-4-11-22)7-8-15(17)13-25-18-16(20)6-5-9-21-18/h5-9,12H,2-4,10-11,13H2,1H3. The molecular formula is C19H21ClN2O3. The van der Waals surface area contributed by atoms with Crippen LogP contribution in [0.5, 0.6) is 11.6 Å². The number of halogens is 1. The lowest BCUT2D eigenvalue weighted by atomic mass is 10.1. The minimum Gasteiger partial charge on any atom is -0.496 e. The largest absolute Gasteiger partial charge is 0.496 e. The average molecular weight is 361 g/mol. The summed E-state index contributed by atoms with van der Waals surface area (Å²) >= 11 is 6.05. The quantitative estimate of drug-likeness (QED) is 0.810. The van der Waals surface area contributed by atoms with E-state index in [1.54, 1.807) is 31.5 Å². The summed E-state index contributed by atoms with van der Waals surface area (Å²) in [5, 5.41) is 0.457. The molecular weight excluding hydrogens is 340 g/mol. The molecule has 0 unspecified atom stereocenters. The molecule has 1 amide bonds. The van der Waals surface area contributed by atoms with Gasteiger partial charge in [0.2, 0.25) is 5.88 Å². The van der Waals surface area contributed by atoms with E-state index >= 15 is 0 Å². The Morgan fingerprint density at radius 2 is 2.04 bits per heavy atom. The number of benzene rings is 1. The van der Waals surface area contributed by atoms with Crippen LogP contribution in [0.4, 0.5) is 0 Å². The number of amides is 1. The Bertz CT molecular complexity index is 745. The molecule has 0 saturated carbocycles. The van der Waals surface area contributed by atoms with Crippen molar-refractivity contribution in [1.82, 2.24) is 9.88 Å². The third-order valence-corrected chi connectivity index (χ3v) is 4.55. The van der Waals surface area contributed by atoms with Crippen LogP contribution in [0.1, 0.15) is 35.2 Å². The Morgan fingerprint density at radius 3 is 2.76 bits per heavy atom. The van der Waals surface area contributed by atoms with E-state index in [2.05, 4.69) is 4.98 Å². The lowest BCUT2D eigenvalue weighted by Gasteiger charge is -2.27. The van der Waals surface area contributed by atoms with Crippen LogP contribution in [0.25, 0.3) is 0 Å². The van der Waals surface area contributed by atoms with Crippen molar-refractivity contribution in [2.45, 2.75) is 25.9 Å². The third kappa shape index (κ3) is 4.23. The zero-order chi connectivity index (χ0) is 17.6. The summed E-state index contributed by atoms with van der Waals surface area (Å²) in [6.45, 7) is 1.91. The summed E-state index contributed by atoms with van der Waals surface area (Å²) in [4.78, 5) is 18.6. The number of carbonyl (C=O) groups is 1. The van der Waals surface area contributed by atoms with Gasteiger partial charge in [0.25, 0.3) is 5.91 Å². The number of ether oxygens (including phenoxy) is 2. The third-order valence-electron chi connectivity index (χ3n) is 4.27. The molecule has 1 fully saturated rings. The molecule has 1 aromatic heterocycles. The highest BCUT2D eigenvalue weighted by Crippen LogP contribution is 2.26. The van der Waals surface area contributed by atoms with E-state index in [0.717, 1.165) is 31.5 Å². The summed E-state index contributed by atoms with van der Waals surface area (Å²) < 4.78 is 11.1. The van der Waals surface area contributed by atoms with Crippen LogP contribution in [0.3, 0.4) is 0 Å². The smallest absolute Gasteiger partial charge is 0.253 e. The molecule has 25 heavy (non-hydrogen) atoms. The number of pyridine rings is 1. The van der Waals surface area contributed by atoms with Crippen LogP contribution in [0.2, 0.25) is 5.02 Å². The number of nitrogens with zero attached hydrogens (tertiary/aromatic N) is 2. The van der Waals surface area contributed by atoms with Gasteiger partial charge in [0.05, 0.1) is 7.11 Å². The van der Waals surface area contributed by atoms with Crippen molar-refractivity contribution in [3.05, 3.63) is 52.7 Å². The van der Waals surface area contributed by atoms with E-state index < -0.39 is 0 Å². The molecule has 0 radical (unpaired) electrons. The Kier molecular flexibility index (Phi) is 5.76. The molecule has 3 rings (SSSR count). The van der Waals surface area contributed by atoms with Crippen molar-refractivity contribution in [3.63, 3.8) is 0 Å². The minimum atomic E-state index is 0.0539. The molecule has 0 atom stereocenters. The van der Waals surface area contributed by atoms with E-state index in [1.165, 1.54) is 6.42 Å².